The zero-order valence-corrected chi connectivity index (χ0v) is 18.4. The largest absolute Gasteiger partial charge is 0.493 e. The molecule has 0 aromatic heterocycles. The van der Waals surface area contributed by atoms with Gasteiger partial charge in [-0.3, -0.25) is 4.99 Å². The normalized spacial score (nSPS) is 19.3. The number of nitrogens with zero attached hydrogens (tertiary/aromatic N) is 2. The van der Waals surface area contributed by atoms with Crippen molar-refractivity contribution in [2.24, 2.45) is 10.9 Å². The lowest BCUT2D eigenvalue weighted by atomic mass is 9.94. The van der Waals surface area contributed by atoms with Crippen molar-refractivity contribution in [3.05, 3.63) is 23.8 Å². The highest BCUT2D eigenvalue weighted by atomic mass is 16.5. The molecule has 1 aliphatic carbocycles. The van der Waals surface area contributed by atoms with E-state index in [1.807, 2.05) is 19.2 Å². The van der Waals surface area contributed by atoms with Gasteiger partial charge in [-0.2, -0.15) is 0 Å². The molecule has 2 fully saturated rings. The molecule has 1 saturated heterocycles. The van der Waals surface area contributed by atoms with E-state index in [4.69, 9.17) is 9.47 Å². The maximum Gasteiger partial charge on any atom is 0.191 e. The molecule has 0 amide bonds. The van der Waals surface area contributed by atoms with Gasteiger partial charge in [0.15, 0.2) is 17.5 Å². The Labute approximate surface area is 176 Å². The second kappa shape index (κ2) is 11.3. The first kappa shape index (κ1) is 21.8. The molecule has 0 spiro atoms. The minimum absolute atomic E-state index is 0.303. The molecule has 162 valence electrons. The second-order valence-corrected chi connectivity index (χ2v) is 8.36. The van der Waals surface area contributed by atoms with Crippen LogP contribution in [0.1, 0.15) is 50.5 Å². The first-order chi connectivity index (χ1) is 14.2. The van der Waals surface area contributed by atoms with Crippen LogP contribution in [0.5, 0.6) is 11.5 Å². The van der Waals surface area contributed by atoms with Gasteiger partial charge in [0.2, 0.25) is 0 Å². The molecule has 6 heteroatoms. The Morgan fingerprint density at radius 2 is 1.90 bits per heavy atom. The summed E-state index contributed by atoms with van der Waals surface area (Å²) in [6.45, 7) is 4.05. The Balaban J connectivity index is 1.50. The molecule has 0 bridgehead atoms. The third kappa shape index (κ3) is 6.53. The Morgan fingerprint density at radius 3 is 2.59 bits per heavy atom. The summed E-state index contributed by atoms with van der Waals surface area (Å²) in [6.07, 6.45) is 8.87. The maximum absolute atomic E-state index is 6.33. The van der Waals surface area contributed by atoms with Crippen LogP contribution in [0.25, 0.3) is 0 Å². The van der Waals surface area contributed by atoms with Crippen LogP contribution in [-0.2, 0) is 6.54 Å². The first-order valence-corrected chi connectivity index (χ1v) is 11.1. The van der Waals surface area contributed by atoms with E-state index in [0.29, 0.717) is 12.6 Å². The molecule has 1 aliphatic heterocycles. The van der Waals surface area contributed by atoms with E-state index in [-0.39, 0.29) is 0 Å². The van der Waals surface area contributed by atoms with Gasteiger partial charge in [-0.15, -0.1) is 0 Å². The summed E-state index contributed by atoms with van der Waals surface area (Å²) < 4.78 is 11.9. The number of benzene rings is 1. The highest BCUT2D eigenvalue weighted by Gasteiger charge is 2.21. The number of hydrogen-bond donors (Lipinski definition) is 2. The number of para-hydroxylation sites is 1. The Morgan fingerprint density at radius 1 is 1.14 bits per heavy atom. The number of methoxy groups -OCH3 is 1. The Hall–Kier alpha value is -1.95. The number of piperidine rings is 1. The topological polar surface area (TPSA) is 58.1 Å². The monoisotopic (exact) mass is 402 g/mol. The van der Waals surface area contributed by atoms with Gasteiger partial charge in [0.1, 0.15) is 0 Å². The van der Waals surface area contributed by atoms with Gasteiger partial charge < -0.3 is 25.0 Å². The minimum Gasteiger partial charge on any atom is -0.493 e. The van der Waals surface area contributed by atoms with Crippen molar-refractivity contribution < 1.29 is 9.47 Å². The molecule has 1 heterocycles. The quantitative estimate of drug-likeness (QED) is 0.515. The van der Waals surface area contributed by atoms with Crippen LogP contribution in [-0.4, -0.2) is 57.8 Å². The lowest BCUT2D eigenvalue weighted by molar-refractivity contribution is 0.198. The molecule has 1 aromatic carbocycles. The van der Waals surface area contributed by atoms with Crippen molar-refractivity contribution in [2.45, 2.75) is 57.6 Å². The third-order valence-corrected chi connectivity index (χ3v) is 6.22. The van der Waals surface area contributed by atoms with E-state index in [9.17, 15) is 0 Å². The fraction of sp³-hybridized carbons (Fsp3) is 0.696. The summed E-state index contributed by atoms with van der Waals surface area (Å²) in [6, 6.07) is 6.10. The Kier molecular flexibility index (Phi) is 8.47. The second-order valence-electron chi connectivity index (χ2n) is 8.36. The van der Waals surface area contributed by atoms with E-state index in [2.05, 4.69) is 33.6 Å². The molecule has 29 heavy (non-hydrogen) atoms. The standard InChI is InChI=1S/C23H38N4O2/c1-24-23(25-14-11-18-12-15-27(2)16-13-18)26-17-19-7-6-10-21(28-3)22(19)29-20-8-4-5-9-20/h6-7,10,18,20H,4-5,8-9,11-17H2,1-3H3,(H2,24,25,26). The summed E-state index contributed by atoms with van der Waals surface area (Å²) in [5, 5.41) is 6.91. The van der Waals surface area contributed by atoms with Crippen LogP contribution in [0.2, 0.25) is 0 Å². The zero-order valence-electron chi connectivity index (χ0n) is 18.4. The summed E-state index contributed by atoms with van der Waals surface area (Å²) in [4.78, 5) is 6.81. The lowest BCUT2D eigenvalue weighted by Gasteiger charge is -2.29. The number of ether oxygens (including phenoxy) is 2. The number of aliphatic imine (C=N–C) groups is 1. The third-order valence-electron chi connectivity index (χ3n) is 6.22. The van der Waals surface area contributed by atoms with E-state index in [1.54, 1.807) is 7.11 Å². The molecule has 2 N–H and O–H groups in total. The molecule has 1 aromatic rings. The molecule has 0 atom stereocenters. The highest BCUT2D eigenvalue weighted by Crippen LogP contribution is 2.34. The zero-order chi connectivity index (χ0) is 20.5. The van der Waals surface area contributed by atoms with Crippen molar-refractivity contribution in [2.75, 3.05) is 40.8 Å². The van der Waals surface area contributed by atoms with Gasteiger partial charge in [0.25, 0.3) is 0 Å². The van der Waals surface area contributed by atoms with Gasteiger partial charge in [-0.05, 0) is 77.1 Å². The molecule has 6 nitrogen and oxygen atoms in total. The SMILES string of the molecule is CN=C(NCCC1CCN(C)CC1)NCc1cccc(OC)c1OC1CCCC1. The van der Waals surface area contributed by atoms with Crippen LogP contribution in [0.3, 0.4) is 0 Å². The van der Waals surface area contributed by atoms with Crippen molar-refractivity contribution >= 4 is 5.96 Å². The van der Waals surface area contributed by atoms with Crippen molar-refractivity contribution in [3.8, 4) is 11.5 Å². The maximum atomic E-state index is 6.33. The summed E-state index contributed by atoms with van der Waals surface area (Å²) in [7, 11) is 5.74. The number of hydrogen-bond acceptors (Lipinski definition) is 4. The molecule has 3 rings (SSSR count). The number of guanidine groups is 1. The fourth-order valence-electron chi connectivity index (χ4n) is 4.31. The number of rotatable bonds is 8. The molecule has 0 radical (unpaired) electrons. The number of likely N-dealkylation sites (tertiary alicyclic amines) is 1. The summed E-state index contributed by atoms with van der Waals surface area (Å²) in [5.41, 5.74) is 1.11. The summed E-state index contributed by atoms with van der Waals surface area (Å²) >= 11 is 0. The predicted molar refractivity (Wildman–Crippen MR) is 119 cm³/mol. The highest BCUT2D eigenvalue weighted by molar-refractivity contribution is 5.79. The fourth-order valence-corrected chi connectivity index (χ4v) is 4.31. The average molecular weight is 403 g/mol. The molecule has 2 aliphatic rings. The minimum atomic E-state index is 0.303. The van der Waals surface area contributed by atoms with Crippen molar-refractivity contribution in [1.29, 1.82) is 0 Å². The van der Waals surface area contributed by atoms with Gasteiger partial charge in [0.05, 0.1) is 13.2 Å². The van der Waals surface area contributed by atoms with E-state index >= 15 is 0 Å². The van der Waals surface area contributed by atoms with Crippen molar-refractivity contribution in [1.82, 2.24) is 15.5 Å². The van der Waals surface area contributed by atoms with E-state index < -0.39 is 0 Å². The Bertz CT molecular complexity index is 650. The molecular formula is C23H38N4O2. The van der Waals surface area contributed by atoms with E-state index in [1.165, 1.54) is 45.2 Å². The smallest absolute Gasteiger partial charge is 0.191 e. The lowest BCUT2D eigenvalue weighted by Crippen LogP contribution is -2.38. The van der Waals surface area contributed by atoms with Gasteiger partial charge in [-0.25, -0.2) is 0 Å². The first-order valence-electron chi connectivity index (χ1n) is 11.1. The van der Waals surface area contributed by atoms with Gasteiger partial charge >= 0.3 is 0 Å². The van der Waals surface area contributed by atoms with Crippen LogP contribution in [0, 0.1) is 5.92 Å². The average Bonchev–Trinajstić information content (AvgIpc) is 3.26. The van der Waals surface area contributed by atoms with E-state index in [0.717, 1.165) is 48.3 Å². The summed E-state index contributed by atoms with van der Waals surface area (Å²) in [5.74, 6) is 3.34. The van der Waals surface area contributed by atoms with Gasteiger partial charge in [-0.1, -0.05) is 12.1 Å². The molecular weight excluding hydrogens is 364 g/mol. The van der Waals surface area contributed by atoms with Crippen LogP contribution >= 0.6 is 0 Å². The predicted octanol–water partition coefficient (Wildman–Crippen LogP) is 3.41. The van der Waals surface area contributed by atoms with Crippen molar-refractivity contribution in [3.63, 3.8) is 0 Å². The van der Waals surface area contributed by atoms with Crippen LogP contribution in [0.4, 0.5) is 0 Å². The van der Waals surface area contributed by atoms with Crippen LogP contribution < -0.4 is 20.1 Å². The molecule has 0 unspecified atom stereocenters. The van der Waals surface area contributed by atoms with Crippen LogP contribution in [0.15, 0.2) is 23.2 Å². The van der Waals surface area contributed by atoms with Gasteiger partial charge in [0, 0.05) is 25.7 Å². The number of nitrogens with one attached hydrogen (secondary N) is 2. The molecule has 1 saturated carbocycles.